The molecule has 0 saturated carbocycles. The summed E-state index contributed by atoms with van der Waals surface area (Å²) in [6.07, 6.45) is 1.78. The topological polar surface area (TPSA) is 45.2 Å². The molecule has 0 spiro atoms. The Kier molecular flexibility index (Phi) is 5.80. The summed E-state index contributed by atoms with van der Waals surface area (Å²) in [4.78, 5) is 4.52. The van der Waals surface area contributed by atoms with Gasteiger partial charge in [0.05, 0.1) is 11.7 Å². The number of aromatic nitrogens is 1. The van der Waals surface area contributed by atoms with Gasteiger partial charge >= 0.3 is 0 Å². The largest absolute Gasteiger partial charge is 0.508 e. The molecule has 1 atom stereocenters. The zero-order chi connectivity index (χ0) is 19.4. The normalized spacial score (nSPS) is 12.4. The highest BCUT2D eigenvalue weighted by molar-refractivity contribution is 5.52. The number of hydrogen-bond donors (Lipinski definition) is 2. The van der Waals surface area contributed by atoms with Gasteiger partial charge in [-0.2, -0.15) is 0 Å². The van der Waals surface area contributed by atoms with E-state index in [1.807, 2.05) is 30.3 Å². The maximum Gasteiger partial charge on any atom is 0.121 e. The van der Waals surface area contributed by atoms with Gasteiger partial charge in [-0.3, -0.25) is 4.98 Å². The van der Waals surface area contributed by atoms with E-state index in [9.17, 15) is 5.11 Å². The number of nitrogens with one attached hydrogen (secondary N) is 1. The van der Waals surface area contributed by atoms with Crippen molar-refractivity contribution in [3.05, 3.63) is 89.2 Å². The molecule has 0 aliphatic carbocycles. The molecule has 3 aromatic rings. The summed E-state index contributed by atoms with van der Waals surface area (Å²) in [5, 5.41) is 14.2. The Morgan fingerprint density at radius 3 is 2.04 bits per heavy atom. The monoisotopic (exact) mass is 360 g/mol. The predicted molar refractivity (Wildman–Crippen MR) is 112 cm³/mol. The molecule has 1 heterocycles. The van der Waals surface area contributed by atoms with Crippen molar-refractivity contribution in [3.63, 3.8) is 0 Å². The van der Waals surface area contributed by atoms with Gasteiger partial charge in [-0.1, -0.05) is 58.0 Å². The molecule has 1 unspecified atom stereocenters. The molecule has 2 N–H and O–H groups in total. The second-order valence-electron chi connectivity index (χ2n) is 7.58. The van der Waals surface area contributed by atoms with Gasteiger partial charge in [0, 0.05) is 17.4 Å². The molecule has 0 bridgehead atoms. The van der Waals surface area contributed by atoms with Crippen LogP contribution in [0.5, 0.6) is 5.75 Å². The highest BCUT2D eigenvalue weighted by atomic mass is 16.3. The summed E-state index contributed by atoms with van der Waals surface area (Å²) < 4.78 is 0. The van der Waals surface area contributed by atoms with Crippen LogP contribution in [0.15, 0.2) is 66.9 Å². The van der Waals surface area contributed by atoms with Crippen molar-refractivity contribution >= 4 is 5.69 Å². The molecule has 1 aromatic heterocycles. The quantitative estimate of drug-likeness (QED) is 0.547. The summed E-state index contributed by atoms with van der Waals surface area (Å²) >= 11 is 0. The summed E-state index contributed by atoms with van der Waals surface area (Å²) in [6, 6.07) is 20.0. The van der Waals surface area contributed by atoms with E-state index in [1.54, 1.807) is 6.20 Å². The molecule has 0 aliphatic heterocycles. The van der Waals surface area contributed by atoms with Crippen LogP contribution in [0.4, 0.5) is 5.69 Å². The maximum atomic E-state index is 10.7. The Morgan fingerprint density at radius 1 is 0.815 bits per heavy atom. The molecule has 140 valence electrons. The van der Waals surface area contributed by atoms with E-state index >= 15 is 0 Å². The second-order valence-corrected chi connectivity index (χ2v) is 7.58. The Morgan fingerprint density at radius 2 is 1.48 bits per heavy atom. The van der Waals surface area contributed by atoms with Crippen molar-refractivity contribution in [2.45, 2.75) is 45.6 Å². The standard InChI is InChI=1S/C24H28N2O/c1-16(2)18-8-11-20(12-9-18)26-24(22-7-5-6-14-25-22)21-13-10-19(17(3)4)15-23(21)27/h5-17,24,26-27H,1-4H3. The molecule has 0 aliphatic rings. The molecular formula is C24H28N2O. The summed E-state index contributed by atoms with van der Waals surface area (Å²) in [7, 11) is 0. The number of phenolic OH excluding ortho intramolecular Hbond substituents is 1. The molecule has 2 aromatic carbocycles. The highest BCUT2D eigenvalue weighted by Gasteiger charge is 2.19. The Labute approximate surface area is 162 Å². The number of aromatic hydroxyl groups is 1. The number of nitrogens with zero attached hydrogens (tertiary/aromatic N) is 1. The smallest absolute Gasteiger partial charge is 0.121 e. The molecule has 3 rings (SSSR count). The minimum Gasteiger partial charge on any atom is -0.508 e. The zero-order valence-electron chi connectivity index (χ0n) is 16.5. The van der Waals surface area contributed by atoms with Gasteiger partial charge in [-0.15, -0.1) is 0 Å². The van der Waals surface area contributed by atoms with E-state index in [0.717, 1.165) is 22.5 Å². The van der Waals surface area contributed by atoms with E-state index in [4.69, 9.17) is 0 Å². The number of hydrogen-bond acceptors (Lipinski definition) is 3. The van der Waals surface area contributed by atoms with Gasteiger partial charge in [0.1, 0.15) is 5.75 Å². The summed E-state index contributed by atoms with van der Waals surface area (Å²) in [5.74, 6) is 1.16. The van der Waals surface area contributed by atoms with Gasteiger partial charge in [0.15, 0.2) is 0 Å². The van der Waals surface area contributed by atoms with Crippen LogP contribution >= 0.6 is 0 Å². The van der Waals surface area contributed by atoms with Gasteiger partial charge in [-0.25, -0.2) is 0 Å². The molecule has 27 heavy (non-hydrogen) atoms. The van der Waals surface area contributed by atoms with E-state index in [2.05, 4.69) is 68.3 Å². The van der Waals surface area contributed by atoms with Gasteiger partial charge in [0.2, 0.25) is 0 Å². The fourth-order valence-corrected chi connectivity index (χ4v) is 3.15. The van der Waals surface area contributed by atoms with Crippen molar-refractivity contribution in [2.24, 2.45) is 0 Å². The molecule has 0 saturated heterocycles. The van der Waals surface area contributed by atoms with Crippen molar-refractivity contribution in [2.75, 3.05) is 5.32 Å². The van der Waals surface area contributed by atoms with Crippen LogP contribution in [0.1, 0.15) is 68.0 Å². The molecule has 0 amide bonds. The SMILES string of the molecule is CC(C)c1ccc(NC(c2ccccn2)c2ccc(C(C)C)cc2O)cc1. The first kappa shape index (κ1) is 19.0. The van der Waals surface area contributed by atoms with Crippen molar-refractivity contribution in [3.8, 4) is 5.75 Å². The first-order valence-electron chi connectivity index (χ1n) is 9.56. The van der Waals surface area contributed by atoms with E-state index < -0.39 is 0 Å². The number of pyridine rings is 1. The molecule has 0 radical (unpaired) electrons. The van der Waals surface area contributed by atoms with E-state index in [0.29, 0.717) is 17.6 Å². The van der Waals surface area contributed by atoms with Crippen molar-refractivity contribution in [1.29, 1.82) is 0 Å². The maximum absolute atomic E-state index is 10.7. The van der Waals surface area contributed by atoms with Crippen molar-refractivity contribution in [1.82, 2.24) is 4.98 Å². The van der Waals surface area contributed by atoms with Crippen LogP contribution in [0.3, 0.4) is 0 Å². The molecule has 3 heteroatoms. The summed E-state index contributed by atoms with van der Waals surface area (Å²) in [6.45, 7) is 8.62. The Bertz CT molecular complexity index is 871. The average Bonchev–Trinajstić information content (AvgIpc) is 2.67. The lowest BCUT2D eigenvalue weighted by Crippen LogP contribution is -2.14. The van der Waals surface area contributed by atoms with Gasteiger partial charge in [0.25, 0.3) is 0 Å². The number of benzene rings is 2. The second kappa shape index (κ2) is 8.26. The van der Waals surface area contributed by atoms with Crippen LogP contribution in [0.25, 0.3) is 0 Å². The molecule has 3 nitrogen and oxygen atoms in total. The minimum absolute atomic E-state index is 0.225. The minimum atomic E-state index is -0.225. The lowest BCUT2D eigenvalue weighted by Gasteiger charge is -2.22. The predicted octanol–water partition coefficient (Wildman–Crippen LogP) is 6.24. The Hall–Kier alpha value is -2.81. The fraction of sp³-hybridized carbons (Fsp3) is 0.292. The third kappa shape index (κ3) is 4.48. The van der Waals surface area contributed by atoms with Crippen LogP contribution in [0, 0.1) is 0 Å². The summed E-state index contributed by atoms with van der Waals surface area (Å²) in [5.41, 5.74) is 5.13. The lowest BCUT2D eigenvalue weighted by molar-refractivity contribution is 0.465. The zero-order valence-corrected chi connectivity index (χ0v) is 16.5. The highest BCUT2D eigenvalue weighted by Crippen LogP contribution is 2.34. The van der Waals surface area contributed by atoms with E-state index in [-0.39, 0.29) is 6.04 Å². The van der Waals surface area contributed by atoms with Gasteiger partial charge < -0.3 is 10.4 Å². The third-order valence-electron chi connectivity index (χ3n) is 4.90. The number of phenols is 1. The van der Waals surface area contributed by atoms with Crippen molar-refractivity contribution < 1.29 is 5.11 Å². The van der Waals surface area contributed by atoms with Gasteiger partial charge in [-0.05, 0) is 53.3 Å². The lowest BCUT2D eigenvalue weighted by atomic mass is 9.96. The van der Waals surface area contributed by atoms with Crippen LogP contribution < -0.4 is 5.32 Å². The number of anilines is 1. The first-order valence-corrected chi connectivity index (χ1v) is 9.56. The first-order chi connectivity index (χ1) is 13.0. The molecule has 0 fully saturated rings. The van der Waals surface area contributed by atoms with Crippen LogP contribution in [-0.2, 0) is 0 Å². The average molecular weight is 361 g/mol. The Balaban J connectivity index is 1.97. The fourth-order valence-electron chi connectivity index (χ4n) is 3.15. The van der Waals surface area contributed by atoms with Crippen LogP contribution in [0.2, 0.25) is 0 Å². The number of rotatable bonds is 6. The third-order valence-corrected chi connectivity index (χ3v) is 4.90. The van der Waals surface area contributed by atoms with E-state index in [1.165, 1.54) is 5.56 Å². The molecular weight excluding hydrogens is 332 g/mol. The van der Waals surface area contributed by atoms with Crippen LogP contribution in [-0.4, -0.2) is 10.1 Å².